The number of rotatable bonds is 5. The molecule has 0 bridgehead atoms. The summed E-state index contributed by atoms with van der Waals surface area (Å²) >= 11 is 5.95. The summed E-state index contributed by atoms with van der Waals surface area (Å²) in [6, 6.07) is 10.8. The molecule has 0 aliphatic carbocycles. The number of hydrogen-bond donors (Lipinski definition) is 1. The van der Waals surface area contributed by atoms with Gasteiger partial charge in [-0.05, 0) is 25.1 Å². The molecule has 130 valence electrons. The van der Waals surface area contributed by atoms with Crippen molar-refractivity contribution in [3.05, 3.63) is 68.7 Å². The van der Waals surface area contributed by atoms with E-state index in [4.69, 9.17) is 11.6 Å². The topological polar surface area (TPSA) is 92.6 Å². The first kappa shape index (κ1) is 18.4. The Morgan fingerprint density at radius 3 is 2.44 bits per heavy atom. The second kappa shape index (κ2) is 7.76. The van der Waals surface area contributed by atoms with Crippen LogP contribution in [0.15, 0.2) is 42.5 Å². The maximum absolute atomic E-state index is 12.4. The van der Waals surface area contributed by atoms with Gasteiger partial charge in [0.15, 0.2) is 0 Å². The van der Waals surface area contributed by atoms with Crippen molar-refractivity contribution in [2.75, 3.05) is 18.9 Å². The molecule has 1 N–H and O–H groups in total. The molecule has 0 heterocycles. The predicted molar refractivity (Wildman–Crippen MR) is 94.9 cm³/mol. The first-order chi connectivity index (χ1) is 11.8. The number of carbonyl (C=O) groups is 2. The number of anilines is 1. The standard InChI is InChI=1S/C17H16ClN3O4/c1-11-3-5-12(6-4-11)19-16(22)10-20(2)17(23)14-9-13(21(24)25)7-8-15(14)18/h3-9H,10H2,1-2H3,(H,19,22). The number of carbonyl (C=O) groups excluding carboxylic acids is 2. The van der Waals surface area contributed by atoms with Crippen molar-refractivity contribution in [3.63, 3.8) is 0 Å². The Kier molecular flexibility index (Phi) is 5.71. The second-order valence-corrected chi connectivity index (χ2v) is 5.90. The van der Waals surface area contributed by atoms with Gasteiger partial charge in [0.05, 0.1) is 22.1 Å². The van der Waals surface area contributed by atoms with Gasteiger partial charge in [0.2, 0.25) is 5.91 Å². The van der Waals surface area contributed by atoms with E-state index in [1.165, 1.54) is 19.2 Å². The van der Waals surface area contributed by atoms with Crippen LogP contribution in [0.3, 0.4) is 0 Å². The van der Waals surface area contributed by atoms with Crippen LogP contribution >= 0.6 is 11.6 Å². The van der Waals surface area contributed by atoms with Crippen molar-refractivity contribution >= 4 is 34.8 Å². The fourth-order valence-corrected chi connectivity index (χ4v) is 2.32. The van der Waals surface area contributed by atoms with Crippen LogP contribution in [-0.2, 0) is 4.79 Å². The summed E-state index contributed by atoms with van der Waals surface area (Å²) in [6.45, 7) is 1.71. The van der Waals surface area contributed by atoms with Gasteiger partial charge < -0.3 is 10.2 Å². The number of halogens is 1. The number of hydrogen-bond acceptors (Lipinski definition) is 4. The summed E-state index contributed by atoms with van der Waals surface area (Å²) < 4.78 is 0. The number of aryl methyl sites for hydroxylation is 1. The molecule has 0 aliphatic rings. The molecule has 0 fully saturated rings. The molecule has 2 amide bonds. The minimum Gasteiger partial charge on any atom is -0.332 e. The van der Waals surface area contributed by atoms with Gasteiger partial charge in [-0.25, -0.2) is 0 Å². The van der Waals surface area contributed by atoms with Gasteiger partial charge in [0.1, 0.15) is 0 Å². The van der Waals surface area contributed by atoms with Gasteiger partial charge in [-0.15, -0.1) is 0 Å². The Labute approximate surface area is 149 Å². The van der Waals surface area contributed by atoms with E-state index in [1.807, 2.05) is 19.1 Å². The average molecular weight is 362 g/mol. The Morgan fingerprint density at radius 2 is 1.84 bits per heavy atom. The van der Waals surface area contributed by atoms with Crippen LogP contribution in [-0.4, -0.2) is 35.2 Å². The highest BCUT2D eigenvalue weighted by Crippen LogP contribution is 2.23. The number of nitrogens with one attached hydrogen (secondary N) is 1. The summed E-state index contributed by atoms with van der Waals surface area (Å²) in [6.07, 6.45) is 0. The second-order valence-electron chi connectivity index (χ2n) is 5.50. The zero-order valence-corrected chi connectivity index (χ0v) is 14.4. The number of non-ortho nitro benzene ring substituents is 1. The molecule has 0 saturated heterocycles. The lowest BCUT2D eigenvalue weighted by atomic mass is 10.1. The molecule has 0 spiro atoms. The van der Waals surface area contributed by atoms with Crippen molar-refractivity contribution in [3.8, 4) is 0 Å². The van der Waals surface area contributed by atoms with Crippen LogP contribution in [0.1, 0.15) is 15.9 Å². The van der Waals surface area contributed by atoms with E-state index >= 15 is 0 Å². The largest absolute Gasteiger partial charge is 0.332 e. The third kappa shape index (κ3) is 4.77. The van der Waals surface area contributed by atoms with Crippen molar-refractivity contribution in [2.45, 2.75) is 6.92 Å². The lowest BCUT2D eigenvalue weighted by Crippen LogP contribution is -2.35. The van der Waals surface area contributed by atoms with Crippen molar-refractivity contribution in [2.24, 2.45) is 0 Å². The van der Waals surface area contributed by atoms with Gasteiger partial charge in [-0.1, -0.05) is 29.3 Å². The smallest absolute Gasteiger partial charge is 0.270 e. The number of nitro groups is 1. The van der Waals surface area contributed by atoms with E-state index in [0.717, 1.165) is 16.5 Å². The maximum Gasteiger partial charge on any atom is 0.270 e. The lowest BCUT2D eigenvalue weighted by molar-refractivity contribution is -0.384. The number of benzene rings is 2. The minimum atomic E-state index is -0.614. The number of nitrogens with zero attached hydrogens (tertiary/aromatic N) is 2. The Hall–Kier alpha value is -2.93. The quantitative estimate of drug-likeness (QED) is 0.653. The van der Waals surface area contributed by atoms with Crippen LogP contribution in [0.4, 0.5) is 11.4 Å². The molecule has 8 heteroatoms. The van der Waals surface area contributed by atoms with Crippen LogP contribution in [0, 0.1) is 17.0 Å². The molecule has 0 aliphatic heterocycles. The van der Waals surface area contributed by atoms with E-state index in [-0.39, 0.29) is 28.7 Å². The Bertz CT molecular complexity index is 821. The molecule has 0 atom stereocenters. The van der Waals surface area contributed by atoms with Crippen LogP contribution in [0.2, 0.25) is 5.02 Å². The summed E-state index contributed by atoms with van der Waals surface area (Å²) in [5.41, 5.74) is 1.40. The normalized spacial score (nSPS) is 10.2. The Morgan fingerprint density at radius 1 is 1.20 bits per heavy atom. The third-order valence-corrected chi connectivity index (χ3v) is 3.78. The summed E-state index contributed by atoms with van der Waals surface area (Å²) in [5, 5.41) is 13.6. The lowest BCUT2D eigenvalue weighted by Gasteiger charge is -2.17. The predicted octanol–water partition coefficient (Wildman–Crippen LogP) is 3.27. The molecular formula is C17H16ClN3O4. The molecule has 25 heavy (non-hydrogen) atoms. The first-order valence-corrected chi connectivity index (χ1v) is 7.71. The van der Waals surface area contributed by atoms with Gasteiger partial charge in [-0.2, -0.15) is 0 Å². The molecule has 7 nitrogen and oxygen atoms in total. The number of nitro benzene ring substituents is 1. The van der Waals surface area contributed by atoms with Crippen molar-refractivity contribution in [1.29, 1.82) is 0 Å². The van der Waals surface area contributed by atoms with Gasteiger partial charge >= 0.3 is 0 Å². The summed E-state index contributed by atoms with van der Waals surface area (Å²) in [7, 11) is 1.42. The molecule has 2 aromatic carbocycles. The summed E-state index contributed by atoms with van der Waals surface area (Å²) in [5.74, 6) is -0.964. The molecule has 2 aromatic rings. The number of likely N-dealkylation sites (N-methyl/N-ethyl adjacent to an activating group) is 1. The van der Waals surface area contributed by atoms with Crippen LogP contribution < -0.4 is 5.32 Å². The fourth-order valence-electron chi connectivity index (χ4n) is 2.12. The van der Waals surface area contributed by atoms with Gasteiger partial charge in [0, 0.05) is 24.9 Å². The molecule has 2 rings (SSSR count). The van der Waals surface area contributed by atoms with Gasteiger partial charge in [-0.3, -0.25) is 19.7 Å². The van der Waals surface area contributed by atoms with E-state index in [1.54, 1.807) is 12.1 Å². The third-order valence-electron chi connectivity index (χ3n) is 3.45. The van der Waals surface area contributed by atoms with E-state index in [0.29, 0.717) is 5.69 Å². The summed E-state index contributed by atoms with van der Waals surface area (Å²) in [4.78, 5) is 35.8. The molecule has 0 aromatic heterocycles. The van der Waals surface area contributed by atoms with E-state index in [2.05, 4.69) is 5.32 Å². The van der Waals surface area contributed by atoms with Crippen molar-refractivity contribution < 1.29 is 14.5 Å². The monoisotopic (exact) mass is 361 g/mol. The minimum absolute atomic E-state index is 0.0264. The zero-order chi connectivity index (χ0) is 18.6. The SMILES string of the molecule is Cc1ccc(NC(=O)CN(C)C(=O)c2cc([N+](=O)[O-])ccc2Cl)cc1. The van der Waals surface area contributed by atoms with E-state index in [9.17, 15) is 19.7 Å². The highest BCUT2D eigenvalue weighted by Gasteiger charge is 2.20. The zero-order valence-electron chi connectivity index (χ0n) is 13.7. The van der Waals surface area contributed by atoms with Crippen molar-refractivity contribution in [1.82, 2.24) is 4.90 Å². The fraction of sp³-hybridized carbons (Fsp3) is 0.176. The maximum atomic E-state index is 12.4. The molecule has 0 unspecified atom stereocenters. The van der Waals surface area contributed by atoms with Gasteiger partial charge in [0.25, 0.3) is 11.6 Å². The molecule has 0 saturated carbocycles. The van der Waals surface area contributed by atoms with Crippen LogP contribution in [0.25, 0.3) is 0 Å². The highest BCUT2D eigenvalue weighted by molar-refractivity contribution is 6.34. The Balaban J connectivity index is 2.07. The molecule has 0 radical (unpaired) electrons. The van der Waals surface area contributed by atoms with Crippen LogP contribution in [0.5, 0.6) is 0 Å². The highest BCUT2D eigenvalue weighted by atomic mass is 35.5. The molecular weight excluding hydrogens is 346 g/mol. The first-order valence-electron chi connectivity index (χ1n) is 7.34. The number of amides is 2. The van der Waals surface area contributed by atoms with E-state index < -0.39 is 10.8 Å². The average Bonchev–Trinajstić information content (AvgIpc) is 2.56.